The maximum absolute atomic E-state index is 12.2. The van der Waals surface area contributed by atoms with Crippen LogP contribution in [-0.4, -0.2) is 47.3 Å². The molecule has 0 saturated carbocycles. The van der Waals surface area contributed by atoms with E-state index in [2.05, 4.69) is 36.3 Å². The highest BCUT2D eigenvalue weighted by Crippen LogP contribution is 2.32. The number of benzene rings is 1. The number of hydrogen-bond acceptors (Lipinski definition) is 4. The van der Waals surface area contributed by atoms with Gasteiger partial charge in [-0.05, 0) is 58.0 Å². The molecule has 0 aromatic heterocycles. The fourth-order valence-corrected chi connectivity index (χ4v) is 4.09. The van der Waals surface area contributed by atoms with Gasteiger partial charge in [0.2, 0.25) is 5.91 Å². The lowest BCUT2D eigenvalue weighted by Crippen LogP contribution is -2.60. The molecule has 0 aliphatic carbocycles. The van der Waals surface area contributed by atoms with Crippen LogP contribution in [0.15, 0.2) is 18.2 Å². The summed E-state index contributed by atoms with van der Waals surface area (Å²) in [6, 6.07) is 5.84. The van der Waals surface area contributed by atoms with Gasteiger partial charge < -0.3 is 25.0 Å². The maximum Gasteiger partial charge on any atom is 0.224 e. The molecule has 1 saturated heterocycles. The lowest BCUT2D eigenvalue weighted by atomic mass is 9.93. The Kier molecular flexibility index (Phi) is 5.55. The SMILES string of the molecule is C[C@@H]1CC(C)(C)NC(=S)N1CCCC(=O)Nc1ccc2c(c1)OCCO2. The molecule has 1 aromatic rings. The number of rotatable bonds is 5. The zero-order chi connectivity index (χ0) is 18.7. The van der Waals surface area contributed by atoms with E-state index in [1.165, 1.54) is 0 Å². The van der Waals surface area contributed by atoms with Crippen molar-refractivity contribution >= 4 is 28.9 Å². The van der Waals surface area contributed by atoms with Crippen LogP contribution >= 0.6 is 12.2 Å². The number of carbonyl (C=O) groups excluding carboxylic acids is 1. The number of amides is 1. The van der Waals surface area contributed by atoms with Crippen LogP contribution in [0.5, 0.6) is 11.5 Å². The monoisotopic (exact) mass is 377 g/mol. The van der Waals surface area contributed by atoms with Crippen LogP contribution < -0.4 is 20.1 Å². The molecule has 6 nitrogen and oxygen atoms in total. The summed E-state index contributed by atoms with van der Waals surface area (Å²) in [6.07, 6.45) is 2.23. The van der Waals surface area contributed by atoms with Gasteiger partial charge in [-0.2, -0.15) is 0 Å². The van der Waals surface area contributed by atoms with Crippen LogP contribution in [0.4, 0.5) is 5.69 Å². The normalized spacial score (nSPS) is 21.1. The largest absolute Gasteiger partial charge is 0.486 e. The molecule has 1 fully saturated rings. The van der Waals surface area contributed by atoms with Crippen molar-refractivity contribution in [1.29, 1.82) is 0 Å². The second-order valence-corrected chi connectivity index (χ2v) is 7.96. The summed E-state index contributed by atoms with van der Waals surface area (Å²) in [5.74, 6) is 1.39. The zero-order valence-electron chi connectivity index (χ0n) is 15.6. The molecular formula is C19H27N3O3S. The van der Waals surface area contributed by atoms with Crippen LogP contribution in [0, 0.1) is 0 Å². The van der Waals surface area contributed by atoms with E-state index in [-0.39, 0.29) is 11.4 Å². The highest BCUT2D eigenvalue weighted by molar-refractivity contribution is 7.80. The minimum atomic E-state index is -0.00875. The third-order valence-electron chi connectivity index (χ3n) is 4.67. The number of hydrogen-bond donors (Lipinski definition) is 2. The van der Waals surface area contributed by atoms with Crippen molar-refractivity contribution in [3.05, 3.63) is 18.2 Å². The highest BCUT2D eigenvalue weighted by Gasteiger charge is 2.32. The Hall–Kier alpha value is -2.02. The van der Waals surface area contributed by atoms with Crippen molar-refractivity contribution in [2.24, 2.45) is 0 Å². The first-order chi connectivity index (χ1) is 12.3. The molecule has 0 bridgehead atoms. The van der Waals surface area contributed by atoms with Gasteiger partial charge in [0.1, 0.15) is 13.2 Å². The van der Waals surface area contributed by atoms with Crippen molar-refractivity contribution in [1.82, 2.24) is 10.2 Å². The molecule has 1 amide bonds. The molecule has 0 radical (unpaired) electrons. The van der Waals surface area contributed by atoms with Crippen LogP contribution in [0.1, 0.15) is 40.0 Å². The predicted octanol–water partition coefficient (Wildman–Crippen LogP) is 2.92. The summed E-state index contributed by atoms with van der Waals surface area (Å²) >= 11 is 5.48. The molecule has 26 heavy (non-hydrogen) atoms. The molecular weight excluding hydrogens is 350 g/mol. The van der Waals surface area contributed by atoms with Crippen LogP contribution in [0.2, 0.25) is 0 Å². The average molecular weight is 378 g/mol. The molecule has 2 aliphatic rings. The first-order valence-corrected chi connectivity index (χ1v) is 9.53. The average Bonchev–Trinajstić information content (AvgIpc) is 2.56. The number of ether oxygens (including phenoxy) is 2. The summed E-state index contributed by atoms with van der Waals surface area (Å²) in [4.78, 5) is 14.4. The summed E-state index contributed by atoms with van der Waals surface area (Å²) in [6.45, 7) is 8.37. The molecule has 0 unspecified atom stereocenters. The molecule has 1 atom stereocenters. The van der Waals surface area contributed by atoms with E-state index >= 15 is 0 Å². The van der Waals surface area contributed by atoms with E-state index < -0.39 is 0 Å². The summed E-state index contributed by atoms with van der Waals surface area (Å²) < 4.78 is 11.0. The van der Waals surface area contributed by atoms with E-state index in [9.17, 15) is 4.79 Å². The van der Waals surface area contributed by atoms with Gasteiger partial charge in [-0.1, -0.05) is 0 Å². The number of fused-ring (bicyclic) bond motifs is 1. The van der Waals surface area contributed by atoms with Crippen LogP contribution in [0.3, 0.4) is 0 Å². The predicted molar refractivity (Wildman–Crippen MR) is 106 cm³/mol. The second-order valence-electron chi connectivity index (χ2n) is 7.57. The standard InChI is InChI=1S/C19H27N3O3S/c1-13-12-19(2,3)21-18(26)22(13)8-4-5-17(23)20-14-6-7-15-16(11-14)25-10-9-24-15/h6-7,11,13H,4-5,8-10,12H2,1-3H3,(H,20,23)(H,21,26)/t13-/m1/s1. The van der Waals surface area contributed by atoms with Gasteiger partial charge in [0.25, 0.3) is 0 Å². The highest BCUT2D eigenvalue weighted by atomic mass is 32.1. The van der Waals surface area contributed by atoms with Gasteiger partial charge in [0, 0.05) is 36.3 Å². The quantitative estimate of drug-likeness (QED) is 0.770. The van der Waals surface area contributed by atoms with Gasteiger partial charge in [-0.25, -0.2) is 0 Å². The van der Waals surface area contributed by atoms with Gasteiger partial charge in [-0.3, -0.25) is 4.79 Å². The third-order valence-corrected chi connectivity index (χ3v) is 5.01. The van der Waals surface area contributed by atoms with Gasteiger partial charge in [0.05, 0.1) is 0 Å². The van der Waals surface area contributed by atoms with E-state index in [1.807, 2.05) is 12.1 Å². The fourth-order valence-electron chi connectivity index (χ4n) is 3.54. The second kappa shape index (κ2) is 7.70. The smallest absolute Gasteiger partial charge is 0.224 e. The molecule has 142 valence electrons. The summed E-state index contributed by atoms with van der Waals surface area (Å²) in [5, 5.41) is 7.08. The number of nitrogens with one attached hydrogen (secondary N) is 2. The Morgan fingerprint density at radius 3 is 2.81 bits per heavy atom. The zero-order valence-corrected chi connectivity index (χ0v) is 16.4. The van der Waals surface area contributed by atoms with E-state index in [0.29, 0.717) is 31.4 Å². The molecule has 2 aliphatic heterocycles. The van der Waals surface area contributed by atoms with Crippen molar-refractivity contribution < 1.29 is 14.3 Å². The van der Waals surface area contributed by atoms with Crippen LogP contribution in [0.25, 0.3) is 0 Å². The number of anilines is 1. The van der Waals surface area contributed by atoms with E-state index in [4.69, 9.17) is 21.7 Å². The van der Waals surface area contributed by atoms with E-state index in [0.717, 1.165) is 35.9 Å². The van der Waals surface area contributed by atoms with Crippen molar-refractivity contribution in [3.8, 4) is 11.5 Å². The van der Waals surface area contributed by atoms with E-state index in [1.54, 1.807) is 6.07 Å². The molecule has 0 spiro atoms. The summed E-state index contributed by atoms with van der Waals surface area (Å²) in [5.41, 5.74) is 0.757. The van der Waals surface area contributed by atoms with Gasteiger partial charge >= 0.3 is 0 Å². The van der Waals surface area contributed by atoms with Gasteiger partial charge in [-0.15, -0.1) is 0 Å². The van der Waals surface area contributed by atoms with Crippen molar-refractivity contribution in [2.75, 3.05) is 25.1 Å². The minimum absolute atomic E-state index is 0.00875. The Balaban J connectivity index is 1.47. The Morgan fingerprint density at radius 1 is 1.35 bits per heavy atom. The Bertz CT molecular complexity index is 693. The molecule has 7 heteroatoms. The molecule has 2 N–H and O–H groups in total. The number of thiocarbonyl (C=S) groups is 1. The number of nitrogens with zero attached hydrogens (tertiary/aromatic N) is 1. The minimum Gasteiger partial charge on any atom is -0.486 e. The Labute approximate surface area is 160 Å². The summed E-state index contributed by atoms with van der Waals surface area (Å²) in [7, 11) is 0. The first-order valence-electron chi connectivity index (χ1n) is 9.12. The van der Waals surface area contributed by atoms with Crippen molar-refractivity contribution in [3.63, 3.8) is 0 Å². The molecule has 3 rings (SSSR count). The lowest BCUT2D eigenvalue weighted by Gasteiger charge is -2.44. The number of carbonyl (C=O) groups is 1. The third kappa shape index (κ3) is 4.58. The van der Waals surface area contributed by atoms with Crippen LogP contribution in [-0.2, 0) is 4.79 Å². The van der Waals surface area contributed by atoms with Crippen molar-refractivity contribution in [2.45, 2.75) is 51.6 Å². The first kappa shape index (κ1) is 18.8. The van der Waals surface area contributed by atoms with Gasteiger partial charge in [0.15, 0.2) is 16.6 Å². The molecule has 2 heterocycles. The fraction of sp³-hybridized carbons (Fsp3) is 0.579. The maximum atomic E-state index is 12.2. The Morgan fingerprint density at radius 2 is 2.08 bits per heavy atom. The molecule has 1 aromatic carbocycles. The topological polar surface area (TPSA) is 62.8 Å². The lowest BCUT2D eigenvalue weighted by molar-refractivity contribution is -0.116.